The molecule has 1 unspecified atom stereocenters. The van der Waals surface area contributed by atoms with Gasteiger partial charge in [0.25, 0.3) is 0 Å². The fourth-order valence-electron chi connectivity index (χ4n) is 4.43. The normalized spacial score (nSPS) is 26.1. The molecule has 0 aromatic heterocycles. The summed E-state index contributed by atoms with van der Waals surface area (Å²) in [4.78, 5) is 29.1. The minimum Gasteiger partial charge on any atom is -0.486 e. The zero-order valence-electron chi connectivity index (χ0n) is 15.7. The van der Waals surface area contributed by atoms with Crippen LogP contribution in [0.4, 0.5) is 5.69 Å². The number of likely N-dealkylation sites (tertiary alicyclic amines) is 1. The number of benzene rings is 1. The fourth-order valence-corrected chi connectivity index (χ4v) is 4.43. The summed E-state index contributed by atoms with van der Waals surface area (Å²) < 4.78 is 22.6. The van der Waals surface area contributed by atoms with Crippen molar-refractivity contribution in [3.63, 3.8) is 0 Å². The molecule has 5 rings (SSSR count). The highest BCUT2D eigenvalue weighted by Crippen LogP contribution is 2.37. The summed E-state index contributed by atoms with van der Waals surface area (Å²) >= 11 is 0. The van der Waals surface area contributed by atoms with Crippen LogP contribution in [-0.2, 0) is 19.1 Å². The molecule has 2 amide bonds. The summed E-state index contributed by atoms with van der Waals surface area (Å²) in [5.41, 5.74) is 0.745. The van der Waals surface area contributed by atoms with Gasteiger partial charge in [0.1, 0.15) is 13.2 Å². The van der Waals surface area contributed by atoms with Gasteiger partial charge in [0.05, 0.1) is 19.1 Å². The zero-order chi connectivity index (χ0) is 19.1. The van der Waals surface area contributed by atoms with Gasteiger partial charge in [-0.25, -0.2) is 0 Å². The van der Waals surface area contributed by atoms with Crippen LogP contribution in [0.5, 0.6) is 11.5 Å². The van der Waals surface area contributed by atoms with E-state index in [9.17, 15) is 9.59 Å². The lowest BCUT2D eigenvalue weighted by Crippen LogP contribution is -2.49. The average molecular weight is 388 g/mol. The summed E-state index contributed by atoms with van der Waals surface area (Å²) in [6, 6.07) is 5.48. The molecule has 8 heteroatoms. The lowest BCUT2D eigenvalue weighted by atomic mass is 10.0. The lowest BCUT2D eigenvalue weighted by Gasteiger charge is -2.38. The predicted octanol–water partition coefficient (Wildman–Crippen LogP) is 1.18. The molecule has 1 aromatic carbocycles. The molecule has 4 aliphatic heterocycles. The Kier molecular flexibility index (Phi) is 4.40. The SMILES string of the molecule is O=C(C1CC(=O)N(c2ccc3c(c2)OCCO3)C1)N1CCC2(CC1)OCCO2. The number of piperidine rings is 1. The van der Waals surface area contributed by atoms with E-state index in [-0.39, 0.29) is 24.2 Å². The number of anilines is 1. The molecule has 4 aliphatic rings. The molecule has 150 valence electrons. The first kappa shape index (κ1) is 17.8. The van der Waals surface area contributed by atoms with Crippen molar-refractivity contribution < 1.29 is 28.5 Å². The number of nitrogens with zero attached hydrogens (tertiary/aromatic N) is 2. The molecule has 0 bridgehead atoms. The van der Waals surface area contributed by atoms with E-state index in [0.717, 1.165) is 5.69 Å². The number of fused-ring (bicyclic) bond motifs is 1. The summed E-state index contributed by atoms with van der Waals surface area (Å²) in [5.74, 6) is 0.518. The minimum absolute atomic E-state index is 0.0361. The van der Waals surface area contributed by atoms with E-state index in [1.54, 1.807) is 4.90 Å². The van der Waals surface area contributed by atoms with E-state index < -0.39 is 5.79 Å². The Bertz CT molecular complexity index is 781. The molecular weight excluding hydrogens is 364 g/mol. The van der Waals surface area contributed by atoms with Crippen LogP contribution in [0.1, 0.15) is 19.3 Å². The molecule has 0 radical (unpaired) electrons. The predicted molar refractivity (Wildman–Crippen MR) is 98.3 cm³/mol. The number of ether oxygens (including phenoxy) is 4. The first-order chi connectivity index (χ1) is 13.6. The van der Waals surface area contributed by atoms with Crippen molar-refractivity contribution in [2.75, 3.05) is 51.0 Å². The van der Waals surface area contributed by atoms with Crippen molar-refractivity contribution in [1.82, 2.24) is 4.90 Å². The minimum atomic E-state index is -0.500. The molecule has 3 saturated heterocycles. The van der Waals surface area contributed by atoms with Gasteiger partial charge < -0.3 is 28.7 Å². The van der Waals surface area contributed by atoms with Crippen molar-refractivity contribution in [2.24, 2.45) is 5.92 Å². The van der Waals surface area contributed by atoms with Crippen LogP contribution < -0.4 is 14.4 Å². The van der Waals surface area contributed by atoms with Crippen LogP contribution in [0, 0.1) is 5.92 Å². The van der Waals surface area contributed by atoms with Crippen molar-refractivity contribution in [1.29, 1.82) is 0 Å². The zero-order valence-corrected chi connectivity index (χ0v) is 15.7. The summed E-state index contributed by atoms with van der Waals surface area (Å²) in [6.07, 6.45) is 1.61. The highest BCUT2D eigenvalue weighted by atomic mass is 16.7. The Morgan fingerprint density at radius 3 is 2.46 bits per heavy atom. The molecule has 28 heavy (non-hydrogen) atoms. The Morgan fingerprint density at radius 1 is 1.00 bits per heavy atom. The third kappa shape index (κ3) is 3.10. The topological polar surface area (TPSA) is 77.5 Å². The van der Waals surface area contributed by atoms with Gasteiger partial charge in [0.2, 0.25) is 11.8 Å². The van der Waals surface area contributed by atoms with Gasteiger partial charge in [0, 0.05) is 50.7 Å². The van der Waals surface area contributed by atoms with Crippen LogP contribution in [0.2, 0.25) is 0 Å². The van der Waals surface area contributed by atoms with Gasteiger partial charge in [-0.05, 0) is 12.1 Å². The van der Waals surface area contributed by atoms with Crippen LogP contribution in [-0.4, -0.2) is 68.6 Å². The van der Waals surface area contributed by atoms with E-state index in [0.29, 0.717) is 70.4 Å². The summed E-state index contributed by atoms with van der Waals surface area (Å²) in [7, 11) is 0. The fraction of sp³-hybridized carbons (Fsp3) is 0.600. The van der Waals surface area contributed by atoms with Crippen LogP contribution in [0.25, 0.3) is 0 Å². The van der Waals surface area contributed by atoms with Gasteiger partial charge in [-0.1, -0.05) is 0 Å². The molecular formula is C20H24N2O6. The molecule has 0 N–H and O–H groups in total. The lowest BCUT2D eigenvalue weighted by molar-refractivity contribution is -0.188. The second-order valence-electron chi connectivity index (χ2n) is 7.67. The molecule has 1 spiro atoms. The van der Waals surface area contributed by atoms with Crippen molar-refractivity contribution in [3.05, 3.63) is 18.2 Å². The van der Waals surface area contributed by atoms with Crippen molar-refractivity contribution >= 4 is 17.5 Å². The molecule has 3 fully saturated rings. The smallest absolute Gasteiger partial charge is 0.228 e. The van der Waals surface area contributed by atoms with Crippen LogP contribution in [0.15, 0.2) is 18.2 Å². The number of carbonyl (C=O) groups excluding carboxylic acids is 2. The van der Waals surface area contributed by atoms with Gasteiger partial charge in [-0.3, -0.25) is 9.59 Å². The monoisotopic (exact) mass is 388 g/mol. The molecule has 1 atom stereocenters. The summed E-state index contributed by atoms with van der Waals surface area (Å²) in [5, 5.41) is 0. The van der Waals surface area contributed by atoms with Crippen molar-refractivity contribution in [2.45, 2.75) is 25.0 Å². The van der Waals surface area contributed by atoms with E-state index in [4.69, 9.17) is 18.9 Å². The highest BCUT2D eigenvalue weighted by Gasteiger charge is 2.43. The van der Waals surface area contributed by atoms with E-state index >= 15 is 0 Å². The van der Waals surface area contributed by atoms with Crippen molar-refractivity contribution in [3.8, 4) is 11.5 Å². The molecule has 1 aromatic rings. The number of rotatable bonds is 2. The first-order valence-electron chi connectivity index (χ1n) is 9.90. The Balaban J connectivity index is 1.24. The maximum absolute atomic E-state index is 13.0. The van der Waals surface area contributed by atoms with E-state index in [1.807, 2.05) is 23.1 Å². The summed E-state index contributed by atoms with van der Waals surface area (Å²) in [6.45, 7) is 3.87. The van der Waals surface area contributed by atoms with Crippen LogP contribution in [0.3, 0.4) is 0 Å². The molecule has 0 saturated carbocycles. The number of amides is 2. The molecule has 4 heterocycles. The Hall–Kier alpha value is -2.32. The molecule has 0 aliphatic carbocycles. The number of hydrogen-bond donors (Lipinski definition) is 0. The third-order valence-corrected chi connectivity index (χ3v) is 5.96. The largest absolute Gasteiger partial charge is 0.486 e. The van der Waals surface area contributed by atoms with E-state index in [1.165, 1.54) is 0 Å². The van der Waals surface area contributed by atoms with Gasteiger partial charge in [-0.2, -0.15) is 0 Å². The second kappa shape index (κ2) is 6.93. The van der Waals surface area contributed by atoms with Gasteiger partial charge in [0.15, 0.2) is 17.3 Å². The molecule has 8 nitrogen and oxygen atoms in total. The van der Waals surface area contributed by atoms with Gasteiger partial charge in [-0.15, -0.1) is 0 Å². The quantitative estimate of drug-likeness (QED) is 0.757. The third-order valence-electron chi connectivity index (χ3n) is 5.96. The second-order valence-corrected chi connectivity index (χ2v) is 7.67. The van der Waals surface area contributed by atoms with Crippen LogP contribution >= 0.6 is 0 Å². The Morgan fingerprint density at radius 2 is 1.71 bits per heavy atom. The average Bonchev–Trinajstić information content (AvgIpc) is 3.34. The van der Waals surface area contributed by atoms with Gasteiger partial charge >= 0.3 is 0 Å². The first-order valence-corrected chi connectivity index (χ1v) is 9.90. The number of hydrogen-bond acceptors (Lipinski definition) is 6. The maximum Gasteiger partial charge on any atom is 0.228 e. The highest BCUT2D eigenvalue weighted by molar-refractivity contribution is 6.00. The standard InChI is InChI=1S/C20H24N2O6/c23-18-11-14(19(24)21-5-3-20(4-6-21)27-9-10-28-20)13-22(18)15-1-2-16-17(12-15)26-8-7-25-16/h1-2,12,14H,3-11,13H2. The Labute approximate surface area is 163 Å². The maximum atomic E-state index is 13.0. The van der Waals surface area contributed by atoms with E-state index in [2.05, 4.69) is 0 Å². The number of carbonyl (C=O) groups is 2.